The second-order valence-electron chi connectivity index (χ2n) is 3.85. The van der Waals surface area contributed by atoms with E-state index in [4.69, 9.17) is 16.3 Å². The van der Waals surface area contributed by atoms with E-state index in [1.807, 2.05) is 0 Å². The smallest absolute Gasteiger partial charge is 0.274 e. The SMILES string of the molecule is O=[N+]([O-])c1cc(Br)cc(Oc2cccc(F)c2CCl)c1. The van der Waals surface area contributed by atoms with Gasteiger partial charge in [0.2, 0.25) is 0 Å². The van der Waals surface area contributed by atoms with Crippen molar-refractivity contribution in [1.29, 1.82) is 0 Å². The summed E-state index contributed by atoms with van der Waals surface area (Å²) in [5, 5.41) is 10.8. The lowest BCUT2D eigenvalue weighted by Crippen LogP contribution is -1.94. The second-order valence-corrected chi connectivity index (χ2v) is 5.04. The molecule has 0 spiro atoms. The molecule has 7 heteroatoms. The Balaban J connectivity index is 2.40. The minimum absolute atomic E-state index is 0.0574. The molecule has 0 aromatic heterocycles. The standard InChI is InChI=1S/C13H8BrClFNO3/c14-8-4-9(17(18)19)6-10(5-8)20-13-3-1-2-12(16)11(13)7-15/h1-6H,7H2. The van der Waals surface area contributed by atoms with Crippen LogP contribution in [0.15, 0.2) is 40.9 Å². The third kappa shape index (κ3) is 3.26. The molecule has 0 fully saturated rings. The van der Waals surface area contributed by atoms with Gasteiger partial charge < -0.3 is 4.74 Å². The first-order valence-corrected chi connectivity index (χ1v) is 6.80. The van der Waals surface area contributed by atoms with Gasteiger partial charge in [0.25, 0.3) is 5.69 Å². The first-order chi connectivity index (χ1) is 9.51. The number of nitro groups is 1. The summed E-state index contributed by atoms with van der Waals surface area (Å²) in [5.41, 5.74) is 0.0787. The molecule has 0 bridgehead atoms. The summed E-state index contributed by atoms with van der Waals surface area (Å²) in [6, 6.07) is 8.46. The van der Waals surface area contributed by atoms with Crippen LogP contribution in [0.3, 0.4) is 0 Å². The third-order valence-electron chi connectivity index (χ3n) is 2.50. The van der Waals surface area contributed by atoms with Crippen molar-refractivity contribution in [3.8, 4) is 11.5 Å². The number of hydrogen-bond acceptors (Lipinski definition) is 3. The fourth-order valence-electron chi connectivity index (χ4n) is 1.60. The average molecular weight is 361 g/mol. The van der Waals surface area contributed by atoms with Crippen LogP contribution in [0.4, 0.5) is 10.1 Å². The van der Waals surface area contributed by atoms with Crippen LogP contribution in [0.5, 0.6) is 11.5 Å². The number of nitro benzene ring substituents is 1. The van der Waals surface area contributed by atoms with Crippen LogP contribution in [-0.4, -0.2) is 4.92 Å². The number of nitrogens with zero attached hydrogens (tertiary/aromatic N) is 1. The lowest BCUT2D eigenvalue weighted by molar-refractivity contribution is -0.385. The predicted octanol–water partition coefficient (Wildman–Crippen LogP) is 5.03. The maximum absolute atomic E-state index is 13.6. The highest BCUT2D eigenvalue weighted by Gasteiger charge is 2.13. The lowest BCUT2D eigenvalue weighted by atomic mass is 10.2. The Hall–Kier alpha value is -1.66. The largest absolute Gasteiger partial charge is 0.457 e. The highest BCUT2D eigenvalue weighted by molar-refractivity contribution is 9.10. The first kappa shape index (κ1) is 14.7. The third-order valence-corrected chi connectivity index (χ3v) is 3.23. The van der Waals surface area contributed by atoms with E-state index >= 15 is 0 Å². The summed E-state index contributed by atoms with van der Waals surface area (Å²) in [6.07, 6.45) is 0. The van der Waals surface area contributed by atoms with E-state index in [2.05, 4.69) is 15.9 Å². The molecule has 0 saturated carbocycles. The van der Waals surface area contributed by atoms with E-state index < -0.39 is 10.7 Å². The zero-order valence-corrected chi connectivity index (χ0v) is 12.3. The zero-order valence-electron chi connectivity index (χ0n) is 9.98. The monoisotopic (exact) mass is 359 g/mol. The van der Waals surface area contributed by atoms with Crippen molar-refractivity contribution in [1.82, 2.24) is 0 Å². The normalized spacial score (nSPS) is 10.3. The maximum atomic E-state index is 13.6. The number of ether oxygens (including phenoxy) is 1. The second kappa shape index (κ2) is 6.19. The van der Waals surface area contributed by atoms with Crippen molar-refractivity contribution in [3.63, 3.8) is 0 Å². The van der Waals surface area contributed by atoms with Gasteiger partial charge in [0.05, 0.1) is 16.9 Å². The van der Waals surface area contributed by atoms with Gasteiger partial charge in [-0.2, -0.15) is 0 Å². The number of alkyl halides is 1. The van der Waals surface area contributed by atoms with Crippen LogP contribution >= 0.6 is 27.5 Å². The summed E-state index contributed by atoms with van der Waals surface area (Å²) in [5.74, 6) is -0.0876. The summed E-state index contributed by atoms with van der Waals surface area (Å²) in [4.78, 5) is 10.2. The van der Waals surface area contributed by atoms with Crippen LogP contribution in [0.2, 0.25) is 0 Å². The van der Waals surface area contributed by atoms with Gasteiger partial charge in [-0.25, -0.2) is 4.39 Å². The highest BCUT2D eigenvalue weighted by Crippen LogP contribution is 2.32. The van der Waals surface area contributed by atoms with Crippen LogP contribution in [-0.2, 0) is 5.88 Å². The van der Waals surface area contributed by atoms with E-state index in [-0.39, 0.29) is 28.6 Å². The zero-order chi connectivity index (χ0) is 14.7. The fourth-order valence-corrected chi connectivity index (χ4v) is 2.32. The predicted molar refractivity (Wildman–Crippen MR) is 76.8 cm³/mol. The number of benzene rings is 2. The Morgan fingerprint density at radius 2 is 2.10 bits per heavy atom. The number of hydrogen-bond donors (Lipinski definition) is 0. The molecule has 0 radical (unpaired) electrons. The van der Waals surface area contributed by atoms with Gasteiger partial charge in [0, 0.05) is 16.1 Å². The van der Waals surface area contributed by atoms with Gasteiger partial charge in [-0.3, -0.25) is 10.1 Å². The molecule has 0 unspecified atom stereocenters. The van der Waals surface area contributed by atoms with Gasteiger partial charge in [-0.15, -0.1) is 11.6 Å². The van der Waals surface area contributed by atoms with Gasteiger partial charge in [0.1, 0.15) is 17.3 Å². The molecule has 0 saturated heterocycles. The Kier molecular flexibility index (Phi) is 4.57. The van der Waals surface area contributed by atoms with Crippen LogP contribution in [0, 0.1) is 15.9 Å². The van der Waals surface area contributed by atoms with Crippen molar-refractivity contribution in [2.45, 2.75) is 5.88 Å². The van der Waals surface area contributed by atoms with Crippen molar-refractivity contribution in [2.75, 3.05) is 0 Å². The molecule has 2 rings (SSSR count). The van der Waals surface area contributed by atoms with Crippen molar-refractivity contribution >= 4 is 33.2 Å². The molecule has 0 aliphatic carbocycles. The molecular weight excluding hydrogens is 353 g/mol. The first-order valence-electron chi connectivity index (χ1n) is 5.47. The van der Waals surface area contributed by atoms with Crippen molar-refractivity contribution < 1.29 is 14.1 Å². The quantitative estimate of drug-likeness (QED) is 0.436. The van der Waals surface area contributed by atoms with Crippen molar-refractivity contribution in [3.05, 3.63) is 62.4 Å². The molecule has 0 aliphatic rings. The average Bonchev–Trinajstić information content (AvgIpc) is 2.38. The van der Waals surface area contributed by atoms with E-state index in [0.717, 1.165) is 0 Å². The molecule has 0 heterocycles. The summed E-state index contributed by atoms with van der Waals surface area (Å²) in [7, 11) is 0. The molecule has 0 amide bonds. The molecule has 0 aliphatic heterocycles. The van der Waals surface area contributed by atoms with E-state index in [9.17, 15) is 14.5 Å². The Bertz CT molecular complexity index is 666. The van der Waals surface area contributed by atoms with E-state index in [0.29, 0.717) is 4.47 Å². The van der Waals surface area contributed by atoms with E-state index in [1.54, 1.807) is 12.1 Å². The molecule has 0 atom stereocenters. The molecule has 2 aromatic carbocycles. The minimum atomic E-state index is -0.536. The van der Waals surface area contributed by atoms with Gasteiger partial charge >= 0.3 is 0 Å². The number of halogens is 3. The number of rotatable bonds is 4. The molecular formula is C13H8BrClFNO3. The maximum Gasteiger partial charge on any atom is 0.274 e. The number of non-ortho nitro benzene ring substituents is 1. The molecule has 0 N–H and O–H groups in total. The van der Waals surface area contributed by atoms with E-state index in [1.165, 1.54) is 24.3 Å². The molecule has 4 nitrogen and oxygen atoms in total. The Morgan fingerprint density at radius 1 is 1.35 bits per heavy atom. The summed E-state index contributed by atoms with van der Waals surface area (Å²) < 4.78 is 19.5. The van der Waals surface area contributed by atoms with Gasteiger partial charge in [0.15, 0.2) is 0 Å². The molecule has 20 heavy (non-hydrogen) atoms. The van der Waals surface area contributed by atoms with Gasteiger partial charge in [-0.1, -0.05) is 22.0 Å². The fraction of sp³-hybridized carbons (Fsp3) is 0.0769. The minimum Gasteiger partial charge on any atom is -0.457 e. The summed E-state index contributed by atoms with van der Waals surface area (Å²) >= 11 is 8.84. The van der Waals surface area contributed by atoms with Crippen LogP contribution < -0.4 is 4.74 Å². The van der Waals surface area contributed by atoms with Crippen LogP contribution in [0.1, 0.15) is 5.56 Å². The lowest BCUT2D eigenvalue weighted by Gasteiger charge is -2.10. The Labute approximate surface area is 127 Å². The molecule has 2 aromatic rings. The Morgan fingerprint density at radius 3 is 2.75 bits per heavy atom. The molecule has 104 valence electrons. The van der Waals surface area contributed by atoms with Crippen molar-refractivity contribution in [2.24, 2.45) is 0 Å². The topological polar surface area (TPSA) is 52.4 Å². The summed E-state index contributed by atoms with van der Waals surface area (Å²) in [6.45, 7) is 0. The highest BCUT2D eigenvalue weighted by atomic mass is 79.9. The van der Waals surface area contributed by atoms with Crippen LogP contribution in [0.25, 0.3) is 0 Å². The van der Waals surface area contributed by atoms with Gasteiger partial charge in [-0.05, 0) is 18.2 Å².